The molecule has 1 atom stereocenters. The van der Waals surface area contributed by atoms with E-state index in [1.165, 1.54) is 0 Å². The van der Waals surface area contributed by atoms with Gasteiger partial charge < -0.3 is 20.9 Å². The van der Waals surface area contributed by atoms with Gasteiger partial charge in [-0.2, -0.15) is 0 Å². The number of hydrogen-bond acceptors (Lipinski definition) is 4. The van der Waals surface area contributed by atoms with Crippen molar-refractivity contribution in [1.82, 2.24) is 0 Å². The highest BCUT2D eigenvalue weighted by Gasteiger charge is 2.11. The topological polar surface area (TPSA) is 70.5 Å². The number of hydrogen-bond donors (Lipinski definition) is 2. The van der Waals surface area contributed by atoms with Crippen molar-refractivity contribution < 1.29 is 9.47 Å². The van der Waals surface area contributed by atoms with Crippen molar-refractivity contribution in [2.24, 2.45) is 11.5 Å². The lowest BCUT2D eigenvalue weighted by atomic mass is 10.0. The Morgan fingerprint density at radius 3 is 2.42 bits per heavy atom. The fraction of sp³-hybridized carbons (Fsp3) is 0.368. The summed E-state index contributed by atoms with van der Waals surface area (Å²) in [5, 5.41) is 0. The van der Waals surface area contributed by atoms with Gasteiger partial charge >= 0.3 is 0 Å². The predicted octanol–water partition coefficient (Wildman–Crippen LogP) is 3.82. The first kappa shape index (κ1) is 20.3. The Labute approximate surface area is 150 Å². The SMILES string of the molecule is COc1cc([C@H](N)CCCCN)ccc1OCc1ccccc1.Cl. The molecule has 0 aliphatic heterocycles. The standard InChI is InChI=1S/C19H26N2O2.ClH/c1-22-19-13-16(17(21)9-5-6-12-20)10-11-18(19)23-14-15-7-3-2-4-8-15;/h2-4,7-8,10-11,13,17H,5-6,9,12,14,20-21H2,1H3;1H/t17-;/m1./s1. The molecule has 0 fully saturated rings. The largest absolute Gasteiger partial charge is 0.493 e. The van der Waals surface area contributed by atoms with Crippen molar-refractivity contribution in [2.75, 3.05) is 13.7 Å². The van der Waals surface area contributed by atoms with E-state index in [-0.39, 0.29) is 18.4 Å². The Morgan fingerprint density at radius 2 is 1.75 bits per heavy atom. The molecule has 0 amide bonds. The highest BCUT2D eigenvalue weighted by molar-refractivity contribution is 5.85. The molecule has 132 valence electrons. The maximum Gasteiger partial charge on any atom is 0.161 e. The van der Waals surface area contributed by atoms with Crippen LogP contribution in [0.1, 0.15) is 36.4 Å². The van der Waals surface area contributed by atoms with E-state index in [0.717, 1.165) is 36.1 Å². The minimum Gasteiger partial charge on any atom is -0.493 e. The molecule has 0 aromatic heterocycles. The number of ether oxygens (including phenoxy) is 2. The van der Waals surface area contributed by atoms with Crippen LogP contribution in [0.25, 0.3) is 0 Å². The van der Waals surface area contributed by atoms with Gasteiger partial charge in [-0.05, 0) is 42.6 Å². The van der Waals surface area contributed by atoms with E-state index < -0.39 is 0 Å². The molecular weight excluding hydrogens is 324 g/mol. The van der Waals surface area contributed by atoms with Crippen LogP contribution in [0.5, 0.6) is 11.5 Å². The highest BCUT2D eigenvalue weighted by Crippen LogP contribution is 2.31. The lowest BCUT2D eigenvalue weighted by molar-refractivity contribution is 0.284. The van der Waals surface area contributed by atoms with E-state index in [1.54, 1.807) is 7.11 Å². The van der Waals surface area contributed by atoms with Crippen LogP contribution in [-0.4, -0.2) is 13.7 Å². The Kier molecular flexibility index (Phi) is 9.23. The molecule has 0 aliphatic carbocycles. The molecule has 2 aromatic carbocycles. The number of unbranched alkanes of at least 4 members (excludes halogenated alkanes) is 1. The first-order chi connectivity index (χ1) is 11.2. The zero-order chi connectivity index (χ0) is 16.5. The molecule has 2 aromatic rings. The van der Waals surface area contributed by atoms with Crippen LogP contribution in [0.15, 0.2) is 48.5 Å². The average Bonchev–Trinajstić information content (AvgIpc) is 2.60. The molecular formula is C19H27ClN2O2. The summed E-state index contributed by atoms with van der Waals surface area (Å²) in [4.78, 5) is 0. The number of methoxy groups -OCH3 is 1. The number of nitrogens with two attached hydrogens (primary N) is 2. The van der Waals surface area contributed by atoms with E-state index in [1.807, 2.05) is 48.5 Å². The summed E-state index contributed by atoms with van der Waals surface area (Å²) >= 11 is 0. The van der Waals surface area contributed by atoms with Crippen LogP contribution in [0.2, 0.25) is 0 Å². The molecule has 2 rings (SSSR count). The Morgan fingerprint density at radius 1 is 1.00 bits per heavy atom. The molecule has 0 spiro atoms. The van der Waals surface area contributed by atoms with E-state index in [4.69, 9.17) is 20.9 Å². The summed E-state index contributed by atoms with van der Waals surface area (Å²) in [5.41, 5.74) is 13.9. The summed E-state index contributed by atoms with van der Waals surface area (Å²) in [6.45, 7) is 1.22. The monoisotopic (exact) mass is 350 g/mol. The van der Waals surface area contributed by atoms with Gasteiger partial charge in [0.15, 0.2) is 11.5 Å². The van der Waals surface area contributed by atoms with E-state index in [9.17, 15) is 0 Å². The second kappa shape index (κ2) is 10.9. The van der Waals surface area contributed by atoms with Crippen molar-refractivity contribution in [1.29, 1.82) is 0 Å². The molecule has 0 unspecified atom stereocenters. The average molecular weight is 351 g/mol. The van der Waals surface area contributed by atoms with E-state index in [2.05, 4.69) is 0 Å². The van der Waals surface area contributed by atoms with Gasteiger partial charge in [0, 0.05) is 6.04 Å². The van der Waals surface area contributed by atoms with Crippen molar-refractivity contribution in [2.45, 2.75) is 31.9 Å². The molecule has 0 heterocycles. The minimum absolute atomic E-state index is 0. The summed E-state index contributed by atoms with van der Waals surface area (Å²) in [6.07, 6.45) is 2.96. The third kappa shape index (κ3) is 6.04. The Bertz CT molecular complexity index is 593. The van der Waals surface area contributed by atoms with Crippen LogP contribution in [0.4, 0.5) is 0 Å². The molecule has 0 aliphatic rings. The maximum absolute atomic E-state index is 6.24. The van der Waals surface area contributed by atoms with Crippen LogP contribution in [0, 0.1) is 0 Å². The van der Waals surface area contributed by atoms with Crippen molar-refractivity contribution >= 4 is 12.4 Å². The quantitative estimate of drug-likeness (QED) is 0.674. The fourth-order valence-electron chi connectivity index (χ4n) is 2.44. The van der Waals surface area contributed by atoms with Gasteiger partial charge in [0.05, 0.1) is 7.11 Å². The molecule has 24 heavy (non-hydrogen) atoms. The zero-order valence-electron chi connectivity index (χ0n) is 14.1. The van der Waals surface area contributed by atoms with Crippen LogP contribution >= 0.6 is 12.4 Å². The fourth-order valence-corrected chi connectivity index (χ4v) is 2.44. The third-order valence-electron chi connectivity index (χ3n) is 3.82. The predicted molar refractivity (Wildman–Crippen MR) is 101 cm³/mol. The van der Waals surface area contributed by atoms with Crippen molar-refractivity contribution in [3.05, 3.63) is 59.7 Å². The molecule has 0 bridgehead atoms. The van der Waals surface area contributed by atoms with Crippen LogP contribution in [0.3, 0.4) is 0 Å². The second-order valence-corrected chi connectivity index (χ2v) is 5.58. The molecule has 0 saturated heterocycles. The summed E-state index contributed by atoms with van der Waals surface area (Å²) in [7, 11) is 1.65. The normalized spacial score (nSPS) is 11.5. The second-order valence-electron chi connectivity index (χ2n) is 5.58. The Balaban J connectivity index is 0.00000288. The summed E-state index contributed by atoms with van der Waals surface area (Å²) < 4.78 is 11.3. The minimum atomic E-state index is -0.00127. The lowest BCUT2D eigenvalue weighted by Crippen LogP contribution is -2.11. The molecule has 4 nitrogen and oxygen atoms in total. The molecule has 5 heteroatoms. The van der Waals surface area contributed by atoms with Gasteiger partial charge in [0.1, 0.15) is 6.61 Å². The van der Waals surface area contributed by atoms with Gasteiger partial charge in [-0.25, -0.2) is 0 Å². The van der Waals surface area contributed by atoms with Gasteiger partial charge in [0.2, 0.25) is 0 Å². The summed E-state index contributed by atoms with van der Waals surface area (Å²) in [6, 6.07) is 16.0. The van der Waals surface area contributed by atoms with Gasteiger partial charge in [-0.15, -0.1) is 12.4 Å². The molecule has 0 saturated carbocycles. The van der Waals surface area contributed by atoms with Gasteiger partial charge in [-0.1, -0.05) is 42.8 Å². The first-order valence-electron chi connectivity index (χ1n) is 8.05. The van der Waals surface area contributed by atoms with E-state index >= 15 is 0 Å². The molecule has 4 N–H and O–H groups in total. The molecule has 0 radical (unpaired) electrons. The summed E-state index contributed by atoms with van der Waals surface area (Å²) in [5.74, 6) is 1.45. The van der Waals surface area contributed by atoms with Gasteiger partial charge in [0.25, 0.3) is 0 Å². The van der Waals surface area contributed by atoms with Crippen molar-refractivity contribution in [3.63, 3.8) is 0 Å². The number of rotatable bonds is 9. The maximum atomic E-state index is 6.24. The van der Waals surface area contributed by atoms with Gasteiger partial charge in [-0.3, -0.25) is 0 Å². The number of halogens is 1. The Hall–Kier alpha value is -1.75. The van der Waals surface area contributed by atoms with E-state index in [0.29, 0.717) is 18.9 Å². The third-order valence-corrected chi connectivity index (χ3v) is 3.82. The first-order valence-corrected chi connectivity index (χ1v) is 8.05. The lowest BCUT2D eigenvalue weighted by Gasteiger charge is -2.16. The van der Waals surface area contributed by atoms with Crippen molar-refractivity contribution in [3.8, 4) is 11.5 Å². The zero-order valence-corrected chi connectivity index (χ0v) is 14.9. The smallest absolute Gasteiger partial charge is 0.161 e. The van der Waals surface area contributed by atoms with Crippen LogP contribution < -0.4 is 20.9 Å². The highest BCUT2D eigenvalue weighted by atomic mass is 35.5. The number of benzene rings is 2. The van der Waals surface area contributed by atoms with Crippen LogP contribution in [-0.2, 0) is 6.61 Å².